The summed E-state index contributed by atoms with van der Waals surface area (Å²) in [5, 5.41) is 0. The quantitative estimate of drug-likeness (QED) is 0.270. The summed E-state index contributed by atoms with van der Waals surface area (Å²) in [6.45, 7) is 7.04. The normalized spacial score (nSPS) is 9.64. The Labute approximate surface area is 66.2 Å². The lowest BCUT2D eigenvalue weighted by Crippen LogP contribution is -2.04. The minimum Gasteiger partial charge on any atom is -0.295 e. The van der Waals surface area contributed by atoms with Crippen molar-refractivity contribution in [3.05, 3.63) is 24.5 Å². The van der Waals surface area contributed by atoms with Crippen LogP contribution in [0.3, 0.4) is 0 Å². The Morgan fingerprint density at radius 1 is 1.64 bits per heavy atom. The second kappa shape index (κ2) is 5.53. The van der Waals surface area contributed by atoms with Crippen LogP contribution in [0.15, 0.2) is 24.5 Å². The van der Waals surface area contributed by atoms with E-state index in [9.17, 15) is 4.79 Å². The van der Waals surface area contributed by atoms with E-state index >= 15 is 0 Å². The van der Waals surface area contributed by atoms with Crippen LogP contribution in [0, 0.1) is 0 Å². The van der Waals surface area contributed by atoms with Crippen molar-refractivity contribution in [2.24, 2.45) is 0 Å². The smallest absolute Gasteiger partial charge is 0.295 e. The average molecular weight is 156 g/mol. The van der Waals surface area contributed by atoms with Gasteiger partial charge in [0.05, 0.1) is 0 Å². The van der Waals surface area contributed by atoms with E-state index in [-0.39, 0.29) is 0 Å². The minimum absolute atomic E-state index is 0.398. The van der Waals surface area contributed by atoms with Crippen molar-refractivity contribution in [3.8, 4) is 0 Å². The fourth-order valence-corrected chi connectivity index (χ4v) is 0.330. The van der Waals surface area contributed by atoms with Crippen molar-refractivity contribution in [1.29, 1.82) is 0 Å². The van der Waals surface area contributed by atoms with E-state index in [4.69, 9.17) is 0 Å². The van der Waals surface area contributed by atoms with Crippen molar-refractivity contribution in [3.63, 3.8) is 0 Å². The maximum atomic E-state index is 10.8. The van der Waals surface area contributed by atoms with Crippen LogP contribution in [-0.2, 0) is 14.6 Å². The highest BCUT2D eigenvalue weighted by molar-refractivity contribution is 5.87. The molecule has 0 unspecified atom stereocenters. The van der Waals surface area contributed by atoms with Crippen LogP contribution >= 0.6 is 0 Å². The predicted octanol–water partition coefficient (Wildman–Crippen LogP) is 1.96. The van der Waals surface area contributed by atoms with E-state index in [1.165, 1.54) is 6.26 Å². The van der Waals surface area contributed by atoms with Gasteiger partial charge in [-0.3, -0.25) is 4.89 Å². The molecule has 0 aromatic carbocycles. The topological polar surface area (TPSA) is 35.5 Å². The highest BCUT2D eigenvalue weighted by Crippen LogP contribution is 1.99. The van der Waals surface area contributed by atoms with Gasteiger partial charge >= 0.3 is 5.97 Å². The molecule has 0 spiro atoms. The summed E-state index contributed by atoms with van der Waals surface area (Å²) in [5.74, 6) is -0.523. The Bertz CT molecular complexity index is 170. The van der Waals surface area contributed by atoms with Gasteiger partial charge in [-0.15, -0.1) is 0 Å². The zero-order chi connectivity index (χ0) is 8.69. The second-order valence-corrected chi connectivity index (χ2v) is 1.89. The van der Waals surface area contributed by atoms with Crippen molar-refractivity contribution < 1.29 is 14.6 Å². The van der Waals surface area contributed by atoms with Gasteiger partial charge < -0.3 is 0 Å². The summed E-state index contributed by atoms with van der Waals surface area (Å²) in [6.07, 6.45) is 3.46. The molecule has 0 aromatic rings. The summed E-state index contributed by atoms with van der Waals surface area (Å²) in [7, 11) is 0. The van der Waals surface area contributed by atoms with Gasteiger partial charge in [0.1, 0.15) is 6.26 Å². The van der Waals surface area contributed by atoms with Gasteiger partial charge in [-0.05, 0) is 19.4 Å². The van der Waals surface area contributed by atoms with Crippen molar-refractivity contribution in [1.82, 2.24) is 0 Å². The molecule has 0 saturated heterocycles. The molecule has 0 fully saturated rings. The third-order valence-electron chi connectivity index (χ3n) is 1.03. The molecule has 11 heavy (non-hydrogen) atoms. The molecule has 0 atom stereocenters. The first-order valence-corrected chi connectivity index (χ1v) is 3.39. The monoisotopic (exact) mass is 156 g/mol. The molecule has 0 amide bonds. The number of hydrogen-bond acceptors (Lipinski definition) is 3. The van der Waals surface area contributed by atoms with E-state index in [0.29, 0.717) is 12.0 Å². The molecule has 62 valence electrons. The molecular formula is C8H12O3. The maximum Gasteiger partial charge on any atom is 0.381 e. The lowest BCUT2D eigenvalue weighted by atomic mass is 10.2. The Morgan fingerprint density at radius 3 is 2.73 bits per heavy atom. The third-order valence-corrected chi connectivity index (χ3v) is 1.03. The molecule has 0 aliphatic heterocycles. The van der Waals surface area contributed by atoms with Gasteiger partial charge in [-0.2, -0.15) is 0 Å². The molecule has 3 nitrogen and oxygen atoms in total. The Morgan fingerprint density at radius 2 is 2.27 bits per heavy atom. The number of carbonyl (C=O) groups excluding carboxylic acids is 1. The predicted molar refractivity (Wildman–Crippen MR) is 41.4 cm³/mol. The van der Waals surface area contributed by atoms with Gasteiger partial charge in [0, 0.05) is 5.57 Å². The molecule has 0 aromatic heterocycles. The summed E-state index contributed by atoms with van der Waals surface area (Å²) >= 11 is 0. The van der Waals surface area contributed by atoms with Gasteiger partial charge in [-0.25, -0.2) is 9.68 Å². The van der Waals surface area contributed by atoms with Gasteiger partial charge in [0.25, 0.3) is 0 Å². The van der Waals surface area contributed by atoms with Crippen LogP contribution in [0.1, 0.15) is 20.3 Å². The van der Waals surface area contributed by atoms with Crippen LogP contribution in [0.4, 0.5) is 0 Å². The first kappa shape index (κ1) is 9.75. The van der Waals surface area contributed by atoms with Gasteiger partial charge in [-0.1, -0.05) is 13.5 Å². The summed E-state index contributed by atoms with van der Waals surface area (Å²) in [5.41, 5.74) is 0.398. The molecule has 0 heterocycles. The van der Waals surface area contributed by atoms with E-state index < -0.39 is 5.97 Å². The molecule has 0 aliphatic rings. The third kappa shape index (κ3) is 4.19. The molecule has 0 saturated carbocycles. The summed E-state index contributed by atoms with van der Waals surface area (Å²) < 4.78 is 0. The molecule has 0 bridgehead atoms. The van der Waals surface area contributed by atoms with Crippen LogP contribution in [-0.4, -0.2) is 5.97 Å². The van der Waals surface area contributed by atoms with Crippen LogP contribution in [0.5, 0.6) is 0 Å². The lowest BCUT2D eigenvalue weighted by Gasteiger charge is -1.99. The Hall–Kier alpha value is -1.25. The first-order chi connectivity index (χ1) is 5.22. The highest BCUT2D eigenvalue weighted by Gasteiger charge is 2.05. The Kier molecular flexibility index (Phi) is 4.90. The average Bonchev–Trinajstić information content (AvgIpc) is 2.03. The molecular weight excluding hydrogens is 144 g/mol. The van der Waals surface area contributed by atoms with E-state index in [2.05, 4.69) is 16.4 Å². The van der Waals surface area contributed by atoms with Gasteiger partial charge in [0.15, 0.2) is 0 Å². The van der Waals surface area contributed by atoms with Crippen molar-refractivity contribution in [2.45, 2.75) is 20.3 Å². The number of allylic oxidation sites excluding steroid dienone is 1. The highest BCUT2D eigenvalue weighted by atomic mass is 17.2. The molecule has 0 radical (unpaired) electrons. The molecule has 3 heteroatoms. The van der Waals surface area contributed by atoms with Crippen LogP contribution in [0.25, 0.3) is 0 Å². The standard InChI is InChI=1S/C8H12O3/c1-4-6-10-11-8(9)7(3)5-2/h4,6H,3,5H2,1-2H3. The van der Waals surface area contributed by atoms with E-state index in [1.54, 1.807) is 13.0 Å². The van der Waals surface area contributed by atoms with E-state index in [0.717, 1.165) is 0 Å². The maximum absolute atomic E-state index is 10.8. The second-order valence-electron chi connectivity index (χ2n) is 1.89. The Balaban J connectivity index is 3.61. The van der Waals surface area contributed by atoms with Crippen LogP contribution in [0.2, 0.25) is 0 Å². The van der Waals surface area contributed by atoms with Crippen LogP contribution < -0.4 is 0 Å². The summed E-state index contributed by atoms with van der Waals surface area (Å²) in [6, 6.07) is 0. The first-order valence-electron chi connectivity index (χ1n) is 3.39. The number of rotatable bonds is 4. The zero-order valence-corrected chi connectivity index (χ0v) is 6.79. The molecule has 0 N–H and O–H groups in total. The fourth-order valence-electron chi connectivity index (χ4n) is 0.330. The number of hydrogen-bond donors (Lipinski definition) is 0. The lowest BCUT2D eigenvalue weighted by molar-refractivity contribution is -0.233. The zero-order valence-electron chi connectivity index (χ0n) is 6.79. The number of carbonyl (C=O) groups is 1. The molecule has 0 aliphatic carbocycles. The van der Waals surface area contributed by atoms with E-state index in [1.807, 2.05) is 6.92 Å². The largest absolute Gasteiger partial charge is 0.381 e. The van der Waals surface area contributed by atoms with Gasteiger partial charge in [0.2, 0.25) is 0 Å². The van der Waals surface area contributed by atoms with Crippen molar-refractivity contribution >= 4 is 5.97 Å². The summed E-state index contributed by atoms with van der Waals surface area (Å²) in [4.78, 5) is 19.5. The van der Waals surface area contributed by atoms with Crippen molar-refractivity contribution in [2.75, 3.05) is 0 Å². The fraction of sp³-hybridized carbons (Fsp3) is 0.375. The SMILES string of the molecule is C=C(CC)C(=O)OOC=CC. The minimum atomic E-state index is -0.523. The molecule has 0 rings (SSSR count).